The Morgan fingerprint density at radius 2 is 2.31 bits per heavy atom. The van der Waals surface area contributed by atoms with Gasteiger partial charge in [0, 0.05) is 23.1 Å². The Kier molecular flexibility index (Phi) is 2.10. The lowest BCUT2D eigenvalue weighted by Crippen LogP contribution is -2.00. The lowest BCUT2D eigenvalue weighted by Gasteiger charge is -2.00. The van der Waals surface area contributed by atoms with E-state index in [1.807, 2.05) is 23.9 Å². The third-order valence-corrected chi connectivity index (χ3v) is 2.67. The third kappa shape index (κ3) is 1.37. The van der Waals surface area contributed by atoms with E-state index in [0.29, 0.717) is 5.95 Å². The molecule has 0 fully saturated rings. The van der Waals surface area contributed by atoms with E-state index in [4.69, 9.17) is 5.73 Å². The van der Waals surface area contributed by atoms with Gasteiger partial charge in [0.05, 0.1) is 5.69 Å². The summed E-state index contributed by atoms with van der Waals surface area (Å²) in [7, 11) is 1.95. The van der Waals surface area contributed by atoms with E-state index in [0.717, 1.165) is 21.2 Å². The second kappa shape index (κ2) is 3.13. The Morgan fingerprint density at radius 3 is 3.00 bits per heavy atom. The molecule has 0 aliphatic heterocycles. The molecular formula is C8H9IN4. The second-order valence-corrected chi connectivity index (χ2v) is 3.59. The molecule has 0 bridgehead atoms. The number of fused-ring (bicyclic) bond motifs is 1. The standard InChI is InChI=1S/C8H9IN4/c1-13-3-2-5-6(4-9)11-8(10)12-7(5)13/h2-3H,4H2,1H3,(H2,10,11,12). The lowest BCUT2D eigenvalue weighted by atomic mass is 10.3. The predicted octanol–water partition coefficient (Wildman–Crippen LogP) is 1.49. The summed E-state index contributed by atoms with van der Waals surface area (Å²) in [5.41, 5.74) is 7.49. The number of nitrogen functional groups attached to an aromatic ring is 1. The summed E-state index contributed by atoms with van der Waals surface area (Å²) in [6, 6.07) is 2.02. The van der Waals surface area contributed by atoms with Gasteiger partial charge in [-0.15, -0.1) is 0 Å². The van der Waals surface area contributed by atoms with E-state index in [1.165, 1.54) is 0 Å². The summed E-state index contributed by atoms with van der Waals surface area (Å²) < 4.78 is 2.80. The molecule has 0 aliphatic carbocycles. The smallest absolute Gasteiger partial charge is 0.222 e. The summed E-state index contributed by atoms with van der Waals surface area (Å²) in [4.78, 5) is 8.35. The molecule has 0 unspecified atom stereocenters. The molecule has 2 aromatic rings. The van der Waals surface area contributed by atoms with E-state index in [-0.39, 0.29) is 0 Å². The number of aryl methyl sites for hydroxylation is 1. The van der Waals surface area contributed by atoms with Gasteiger partial charge in [-0.1, -0.05) is 22.6 Å². The molecule has 0 saturated carbocycles. The van der Waals surface area contributed by atoms with Crippen molar-refractivity contribution in [3.05, 3.63) is 18.0 Å². The molecule has 2 N–H and O–H groups in total. The number of aromatic nitrogens is 3. The molecule has 2 rings (SSSR count). The van der Waals surface area contributed by atoms with E-state index in [2.05, 4.69) is 32.6 Å². The lowest BCUT2D eigenvalue weighted by molar-refractivity contribution is 0.944. The molecule has 0 amide bonds. The normalized spacial score (nSPS) is 10.9. The molecule has 68 valence electrons. The van der Waals surface area contributed by atoms with Crippen LogP contribution in [0.15, 0.2) is 12.3 Å². The average molecular weight is 288 g/mol. The van der Waals surface area contributed by atoms with Crippen molar-refractivity contribution in [2.75, 3.05) is 5.73 Å². The molecule has 0 spiro atoms. The summed E-state index contributed by atoms with van der Waals surface area (Å²) in [5, 5.41) is 1.09. The van der Waals surface area contributed by atoms with Gasteiger partial charge < -0.3 is 10.3 Å². The van der Waals surface area contributed by atoms with Crippen LogP contribution in [-0.4, -0.2) is 14.5 Å². The Bertz CT molecular complexity index is 449. The number of rotatable bonds is 1. The first-order chi connectivity index (χ1) is 6.22. The van der Waals surface area contributed by atoms with Crippen LogP contribution in [0.2, 0.25) is 0 Å². The van der Waals surface area contributed by atoms with Gasteiger partial charge in [0.1, 0.15) is 5.65 Å². The maximum atomic E-state index is 5.59. The van der Waals surface area contributed by atoms with E-state index < -0.39 is 0 Å². The summed E-state index contributed by atoms with van der Waals surface area (Å²) in [6.07, 6.45) is 1.97. The second-order valence-electron chi connectivity index (χ2n) is 2.83. The van der Waals surface area contributed by atoms with Crippen molar-refractivity contribution in [1.82, 2.24) is 14.5 Å². The molecule has 13 heavy (non-hydrogen) atoms. The van der Waals surface area contributed by atoms with Gasteiger partial charge >= 0.3 is 0 Å². The molecule has 2 heterocycles. The van der Waals surface area contributed by atoms with Crippen LogP contribution in [0.25, 0.3) is 11.0 Å². The summed E-state index contributed by atoms with van der Waals surface area (Å²) in [5.74, 6) is 0.348. The van der Waals surface area contributed by atoms with Crippen LogP contribution < -0.4 is 5.73 Å². The minimum absolute atomic E-state index is 0.348. The highest BCUT2D eigenvalue weighted by Gasteiger charge is 2.06. The number of alkyl halides is 1. The Hall–Kier alpha value is -0.850. The Morgan fingerprint density at radius 1 is 1.54 bits per heavy atom. The van der Waals surface area contributed by atoms with Crippen molar-refractivity contribution in [2.24, 2.45) is 7.05 Å². The van der Waals surface area contributed by atoms with Crippen LogP contribution in [0.5, 0.6) is 0 Å². The maximum Gasteiger partial charge on any atom is 0.222 e. The zero-order valence-electron chi connectivity index (χ0n) is 7.16. The van der Waals surface area contributed by atoms with Gasteiger partial charge in [-0.2, -0.15) is 4.98 Å². The van der Waals surface area contributed by atoms with Crippen LogP contribution in [0.3, 0.4) is 0 Å². The van der Waals surface area contributed by atoms with Crippen LogP contribution in [0, 0.1) is 0 Å². The predicted molar refractivity (Wildman–Crippen MR) is 60.6 cm³/mol. The number of hydrogen-bond donors (Lipinski definition) is 1. The fourth-order valence-electron chi connectivity index (χ4n) is 1.32. The molecule has 5 heteroatoms. The molecule has 0 atom stereocenters. The topological polar surface area (TPSA) is 56.7 Å². The molecule has 0 aromatic carbocycles. The number of halogens is 1. The van der Waals surface area contributed by atoms with Crippen molar-refractivity contribution >= 4 is 39.6 Å². The molecule has 0 radical (unpaired) electrons. The largest absolute Gasteiger partial charge is 0.368 e. The molecule has 0 aliphatic rings. The highest BCUT2D eigenvalue weighted by atomic mass is 127. The molecule has 4 nitrogen and oxygen atoms in total. The highest BCUT2D eigenvalue weighted by molar-refractivity contribution is 14.1. The average Bonchev–Trinajstić information content (AvgIpc) is 2.47. The van der Waals surface area contributed by atoms with E-state index in [9.17, 15) is 0 Å². The monoisotopic (exact) mass is 288 g/mol. The number of nitrogens with two attached hydrogens (primary N) is 1. The minimum atomic E-state index is 0.348. The quantitative estimate of drug-likeness (QED) is 0.639. The number of hydrogen-bond acceptors (Lipinski definition) is 3. The van der Waals surface area contributed by atoms with Crippen molar-refractivity contribution in [2.45, 2.75) is 4.43 Å². The third-order valence-electron chi connectivity index (χ3n) is 1.95. The van der Waals surface area contributed by atoms with Crippen LogP contribution in [0.4, 0.5) is 5.95 Å². The number of nitrogens with zero attached hydrogens (tertiary/aromatic N) is 3. The first kappa shape index (κ1) is 8.74. The molecule has 2 aromatic heterocycles. The molecular weight excluding hydrogens is 279 g/mol. The zero-order chi connectivity index (χ0) is 9.42. The zero-order valence-corrected chi connectivity index (χ0v) is 9.32. The number of anilines is 1. The first-order valence-electron chi connectivity index (χ1n) is 3.85. The van der Waals surface area contributed by atoms with Gasteiger partial charge in [0.25, 0.3) is 0 Å². The van der Waals surface area contributed by atoms with Gasteiger partial charge in [-0.25, -0.2) is 4.98 Å². The summed E-state index contributed by atoms with van der Waals surface area (Å²) in [6.45, 7) is 0. The fourth-order valence-corrected chi connectivity index (χ4v) is 1.90. The van der Waals surface area contributed by atoms with Crippen molar-refractivity contribution in [1.29, 1.82) is 0 Å². The van der Waals surface area contributed by atoms with Crippen LogP contribution in [0.1, 0.15) is 5.69 Å². The van der Waals surface area contributed by atoms with Crippen LogP contribution >= 0.6 is 22.6 Å². The van der Waals surface area contributed by atoms with Gasteiger partial charge in [-0.3, -0.25) is 0 Å². The van der Waals surface area contributed by atoms with Gasteiger partial charge in [-0.05, 0) is 6.07 Å². The van der Waals surface area contributed by atoms with Crippen molar-refractivity contribution in [3.8, 4) is 0 Å². The highest BCUT2D eigenvalue weighted by Crippen LogP contribution is 2.19. The summed E-state index contributed by atoms with van der Waals surface area (Å²) >= 11 is 2.27. The fraction of sp³-hybridized carbons (Fsp3) is 0.250. The van der Waals surface area contributed by atoms with E-state index in [1.54, 1.807) is 0 Å². The van der Waals surface area contributed by atoms with Crippen LogP contribution in [-0.2, 0) is 11.5 Å². The van der Waals surface area contributed by atoms with Gasteiger partial charge in [0.2, 0.25) is 5.95 Å². The SMILES string of the molecule is Cn1ccc2c(CI)nc(N)nc21. The maximum absolute atomic E-state index is 5.59. The molecule has 0 saturated heterocycles. The van der Waals surface area contributed by atoms with Crippen molar-refractivity contribution < 1.29 is 0 Å². The minimum Gasteiger partial charge on any atom is -0.368 e. The van der Waals surface area contributed by atoms with Crippen molar-refractivity contribution in [3.63, 3.8) is 0 Å². The Labute approximate surface area is 89.3 Å². The van der Waals surface area contributed by atoms with E-state index >= 15 is 0 Å². The van der Waals surface area contributed by atoms with Gasteiger partial charge in [0.15, 0.2) is 0 Å². The Balaban J connectivity index is 2.84. The first-order valence-corrected chi connectivity index (χ1v) is 5.38.